The third-order valence-corrected chi connectivity index (χ3v) is 5.35. The Morgan fingerprint density at radius 1 is 1.15 bits per heavy atom. The van der Waals surface area contributed by atoms with Gasteiger partial charge in [-0.25, -0.2) is 8.11 Å². The van der Waals surface area contributed by atoms with Crippen molar-refractivity contribution in [3.05, 3.63) is 65.7 Å². The van der Waals surface area contributed by atoms with Gasteiger partial charge in [0.05, 0.1) is 34.3 Å². The molecule has 0 aromatic heterocycles. The first-order chi connectivity index (χ1) is 13.0. The summed E-state index contributed by atoms with van der Waals surface area (Å²) in [4.78, 5) is 30.0. The molecule has 2 amide bonds. The maximum atomic E-state index is 13.0. The molecule has 0 radical (unpaired) electrons. The zero-order valence-corrected chi connectivity index (χ0v) is 17.5. The zero-order chi connectivity index (χ0) is 19.4. The SMILES string of the molecule is CC(C)CCC(=O)NC1N=C(c2ccccc2)c2ccccc2N(I)C1=O. The Balaban J connectivity index is 2.00. The molecule has 5 nitrogen and oxygen atoms in total. The molecular formula is C21H22IN3O2. The molecule has 6 heteroatoms. The highest BCUT2D eigenvalue weighted by atomic mass is 127. The highest BCUT2D eigenvalue weighted by Crippen LogP contribution is 2.30. The predicted molar refractivity (Wildman–Crippen MR) is 116 cm³/mol. The van der Waals surface area contributed by atoms with Crippen molar-refractivity contribution in [1.29, 1.82) is 0 Å². The van der Waals surface area contributed by atoms with Gasteiger partial charge in [-0.1, -0.05) is 62.4 Å². The van der Waals surface area contributed by atoms with Gasteiger partial charge in [-0.2, -0.15) is 0 Å². The van der Waals surface area contributed by atoms with Crippen LogP contribution in [0.1, 0.15) is 37.8 Å². The van der Waals surface area contributed by atoms with Crippen molar-refractivity contribution < 1.29 is 9.59 Å². The maximum absolute atomic E-state index is 13.0. The second-order valence-electron chi connectivity index (χ2n) is 6.88. The molecule has 0 aliphatic carbocycles. The third kappa shape index (κ3) is 4.55. The number of nitrogens with zero attached hydrogens (tertiary/aromatic N) is 2. The number of benzene rings is 2. The van der Waals surface area contributed by atoms with Crippen LogP contribution in [-0.2, 0) is 9.59 Å². The van der Waals surface area contributed by atoms with E-state index in [0.717, 1.165) is 23.2 Å². The van der Waals surface area contributed by atoms with Crippen LogP contribution in [0.5, 0.6) is 0 Å². The van der Waals surface area contributed by atoms with Crippen LogP contribution in [0.25, 0.3) is 0 Å². The minimum absolute atomic E-state index is 0.158. The summed E-state index contributed by atoms with van der Waals surface area (Å²) in [5, 5.41) is 2.81. The minimum Gasteiger partial charge on any atom is -0.326 e. The zero-order valence-electron chi connectivity index (χ0n) is 15.4. The number of carbonyl (C=O) groups is 2. The number of halogens is 1. The Kier molecular flexibility index (Phi) is 6.26. The molecule has 0 spiro atoms. The van der Waals surface area contributed by atoms with E-state index in [4.69, 9.17) is 0 Å². The lowest BCUT2D eigenvalue weighted by Gasteiger charge is -2.18. The molecule has 1 N–H and O–H groups in total. The van der Waals surface area contributed by atoms with Crippen molar-refractivity contribution in [2.45, 2.75) is 32.9 Å². The van der Waals surface area contributed by atoms with E-state index in [1.54, 1.807) is 3.11 Å². The summed E-state index contributed by atoms with van der Waals surface area (Å²) in [5.41, 5.74) is 3.24. The lowest BCUT2D eigenvalue weighted by molar-refractivity contribution is -0.126. The number of rotatable bonds is 5. The van der Waals surface area contributed by atoms with Crippen LogP contribution >= 0.6 is 22.9 Å². The fraction of sp³-hybridized carbons (Fsp3) is 0.286. The van der Waals surface area contributed by atoms with Crippen molar-refractivity contribution in [3.63, 3.8) is 0 Å². The van der Waals surface area contributed by atoms with Crippen molar-refractivity contribution in [3.8, 4) is 0 Å². The quantitative estimate of drug-likeness (QED) is 0.523. The smallest absolute Gasteiger partial charge is 0.281 e. The second kappa shape index (κ2) is 8.65. The first kappa shape index (κ1) is 19.5. The van der Waals surface area contributed by atoms with Crippen molar-refractivity contribution >= 4 is 46.1 Å². The molecule has 1 aliphatic heterocycles. The summed E-state index contributed by atoms with van der Waals surface area (Å²) in [7, 11) is 0. The summed E-state index contributed by atoms with van der Waals surface area (Å²) >= 11 is 1.98. The molecule has 2 aromatic rings. The number of hydrogen-bond donors (Lipinski definition) is 1. The number of nitrogens with one attached hydrogen (secondary N) is 1. The van der Waals surface area contributed by atoms with Crippen LogP contribution in [0.4, 0.5) is 5.69 Å². The molecule has 2 aromatic carbocycles. The Morgan fingerprint density at radius 3 is 2.52 bits per heavy atom. The van der Waals surface area contributed by atoms with Gasteiger partial charge in [-0.15, -0.1) is 0 Å². The van der Waals surface area contributed by atoms with Gasteiger partial charge in [0.1, 0.15) is 0 Å². The number of benzodiazepines with no additional fused rings is 1. The molecule has 0 saturated carbocycles. The maximum Gasteiger partial charge on any atom is 0.281 e. The summed E-state index contributed by atoms with van der Waals surface area (Å²) in [6.07, 6.45) is 0.214. The summed E-state index contributed by atoms with van der Waals surface area (Å²) in [6.45, 7) is 4.14. The highest BCUT2D eigenvalue weighted by Gasteiger charge is 2.31. The van der Waals surface area contributed by atoms with E-state index in [1.165, 1.54) is 0 Å². The lowest BCUT2D eigenvalue weighted by Crippen LogP contribution is -2.44. The highest BCUT2D eigenvalue weighted by molar-refractivity contribution is 14.1. The van der Waals surface area contributed by atoms with E-state index >= 15 is 0 Å². The largest absolute Gasteiger partial charge is 0.326 e. The molecule has 140 valence electrons. The van der Waals surface area contributed by atoms with E-state index < -0.39 is 6.17 Å². The predicted octanol–water partition coefficient (Wildman–Crippen LogP) is 4.10. The molecular weight excluding hydrogens is 453 g/mol. The van der Waals surface area contributed by atoms with Crippen LogP contribution in [0.15, 0.2) is 59.6 Å². The van der Waals surface area contributed by atoms with Crippen molar-refractivity contribution in [1.82, 2.24) is 5.32 Å². The molecule has 1 unspecified atom stereocenters. The third-order valence-electron chi connectivity index (χ3n) is 4.35. The second-order valence-corrected chi connectivity index (χ2v) is 7.85. The van der Waals surface area contributed by atoms with Crippen LogP contribution in [0, 0.1) is 5.92 Å². The molecule has 0 fully saturated rings. The van der Waals surface area contributed by atoms with Gasteiger partial charge < -0.3 is 5.32 Å². The number of hydrogen-bond acceptors (Lipinski definition) is 3. The average Bonchev–Trinajstić information content (AvgIpc) is 2.78. The summed E-state index contributed by atoms with van der Waals surface area (Å²) in [5.74, 6) is 0.00939. The van der Waals surface area contributed by atoms with E-state index in [2.05, 4.69) is 24.2 Å². The van der Waals surface area contributed by atoms with Gasteiger partial charge in [0.25, 0.3) is 5.91 Å². The molecule has 0 bridgehead atoms. The Labute approximate surface area is 173 Å². The number of anilines is 1. The number of amides is 2. The monoisotopic (exact) mass is 475 g/mol. The molecule has 27 heavy (non-hydrogen) atoms. The molecule has 0 saturated heterocycles. The van der Waals surface area contributed by atoms with E-state index in [-0.39, 0.29) is 11.8 Å². The molecule has 1 atom stereocenters. The van der Waals surface area contributed by atoms with Crippen molar-refractivity contribution in [2.24, 2.45) is 10.9 Å². The van der Waals surface area contributed by atoms with E-state index in [0.29, 0.717) is 18.1 Å². The van der Waals surface area contributed by atoms with Gasteiger partial charge >= 0.3 is 0 Å². The number of para-hydroxylation sites is 1. The fourth-order valence-corrected chi connectivity index (χ4v) is 3.57. The average molecular weight is 475 g/mol. The fourth-order valence-electron chi connectivity index (χ4n) is 2.89. The molecule has 1 aliphatic rings. The Bertz CT molecular complexity index is 865. The standard InChI is InChI=1S/C21H22IN3O2/c1-14(2)12-13-18(26)23-20-21(27)25(22)17-11-7-6-10-16(17)19(24-20)15-8-4-3-5-9-15/h3-11,14,20H,12-13H2,1-2H3,(H,23,26). The Hall–Kier alpha value is -2.22. The molecule has 1 heterocycles. The van der Waals surface area contributed by atoms with Crippen LogP contribution in [-0.4, -0.2) is 23.7 Å². The topological polar surface area (TPSA) is 61.8 Å². The minimum atomic E-state index is -0.941. The first-order valence-electron chi connectivity index (χ1n) is 8.99. The van der Waals surface area contributed by atoms with Crippen LogP contribution in [0.3, 0.4) is 0 Å². The van der Waals surface area contributed by atoms with E-state index in [9.17, 15) is 9.59 Å². The number of carbonyl (C=O) groups excluding carboxylic acids is 2. The van der Waals surface area contributed by atoms with Gasteiger partial charge in [0.2, 0.25) is 12.1 Å². The Morgan fingerprint density at radius 2 is 1.81 bits per heavy atom. The van der Waals surface area contributed by atoms with E-state index in [1.807, 2.05) is 77.5 Å². The van der Waals surface area contributed by atoms with Gasteiger partial charge in [0.15, 0.2) is 0 Å². The van der Waals surface area contributed by atoms with Crippen LogP contribution < -0.4 is 8.43 Å². The van der Waals surface area contributed by atoms with Gasteiger partial charge in [0, 0.05) is 17.5 Å². The number of fused-ring (bicyclic) bond motifs is 1. The lowest BCUT2D eigenvalue weighted by atomic mass is 10.0. The van der Waals surface area contributed by atoms with Gasteiger partial charge in [-0.05, 0) is 18.4 Å². The first-order valence-corrected chi connectivity index (χ1v) is 9.95. The molecule has 3 rings (SSSR count). The van der Waals surface area contributed by atoms with Gasteiger partial charge in [-0.3, -0.25) is 9.59 Å². The van der Waals surface area contributed by atoms with Crippen molar-refractivity contribution in [2.75, 3.05) is 3.11 Å². The summed E-state index contributed by atoms with van der Waals surface area (Å²) < 4.78 is 1.54. The summed E-state index contributed by atoms with van der Waals surface area (Å²) in [6, 6.07) is 17.4. The normalized spacial score (nSPS) is 16.6. The van der Waals surface area contributed by atoms with Crippen LogP contribution in [0.2, 0.25) is 0 Å². The number of aliphatic imine (C=N–C) groups is 1.